The molecule has 2 saturated heterocycles. The molecule has 2 aliphatic rings. The van der Waals surface area contributed by atoms with Crippen LogP contribution in [0.15, 0.2) is 36.4 Å². The molecule has 0 unspecified atom stereocenters. The molecule has 2 aromatic rings. The molecule has 0 aliphatic carbocycles. The van der Waals surface area contributed by atoms with Crippen molar-refractivity contribution in [2.75, 3.05) is 46.5 Å². The van der Waals surface area contributed by atoms with Crippen LogP contribution in [0.4, 0.5) is 4.79 Å². The highest BCUT2D eigenvalue weighted by Crippen LogP contribution is 2.39. The Kier molecular flexibility index (Phi) is 10.0. The van der Waals surface area contributed by atoms with E-state index in [4.69, 9.17) is 19.3 Å². The molecular formula is C31H43N3O8S. The number of hydrogen-bond donors (Lipinski definition) is 1. The number of sulfonamides is 1. The minimum Gasteiger partial charge on any atom is -0.475 e. The third-order valence-corrected chi connectivity index (χ3v) is 10.7. The summed E-state index contributed by atoms with van der Waals surface area (Å²) in [5.74, 6) is -0.178. The van der Waals surface area contributed by atoms with Gasteiger partial charge in [-0.1, -0.05) is 24.3 Å². The van der Waals surface area contributed by atoms with Crippen molar-refractivity contribution in [3.05, 3.63) is 47.5 Å². The van der Waals surface area contributed by atoms with Gasteiger partial charge in [0.15, 0.2) is 4.75 Å². The largest absolute Gasteiger partial charge is 0.475 e. The molecule has 0 spiro atoms. The molecule has 236 valence electrons. The van der Waals surface area contributed by atoms with Crippen LogP contribution in [0.25, 0.3) is 11.3 Å². The lowest BCUT2D eigenvalue weighted by atomic mass is 9.88. The summed E-state index contributed by atoms with van der Waals surface area (Å²) in [4.78, 5) is 31.6. The van der Waals surface area contributed by atoms with Crippen LogP contribution in [-0.2, 0) is 24.3 Å². The molecule has 1 aromatic carbocycles. The zero-order valence-corrected chi connectivity index (χ0v) is 26.5. The van der Waals surface area contributed by atoms with E-state index in [9.17, 15) is 18.0 Å². The van der Waals surface area contributed by atoms with Gasteiger partial charge in [-0.15, -0.1) is 0 Å². The molecule has 0 saturated carbocycles. The molecule has 11 nitrogen and oxygen atoms in total. The maximum Gasteiger partial charge on any atom is 0.410 e. The summed E-state index contributed by atoms with van der Waals surface area (Å²) in [5.41, 5.74) is 3.23. The quantitative estimate of drug-likeness (QED) is 0.438. The van der Waals surface area contributed by atoms with Crippen molar-refractivity contribution in [2.24, 2.45) is 0 Å². The van der Waals surface area contributed by atoms with Crippen molar-refractivity contribution < 1.29 is 37.3 Å². The topological polar surface area (TPSA) is 136 Å². The first-order valence-electron chi connectivity index (χ1n) is 14.7. The van der Waals surface area contributed by atoms with E-state index in [-0.39, 0.29) is 58.2 Å². The van der Waals surface area contributed by atoms with Gasteiger partial charge in [0, 0.05) is 37.8 Å². The highest BCUT2D eigenvalue weighted by molar-refractivity contribution is 7.91. The van der Waals surface area contributed by atoms with E-state index in [0.717, 1.165) is 22.4 Å². The van der Waals surface area contributed by atoms with Crippen molar-refractivity contribution in [1.29, 1.82) is 0 Å². The predicted molar refractivity (Wildman–Crippen MR) is 161 cm³/mol. The second-order valence-electron chi connectivity index (χ2n) is 12.1. The number of amides is 1. The van der Waals surface area contributed by atoms with Gasteiger partial charge in [0.05, 0.1) is 19.4 Å². The number of aryl methyl sites for hydroxylation is 1. The van der Waals surface area contributed by atoms with E-state index in [1.165, 1.54) is 16.3 Å². The maximum atomic E-state index is 14.0. The van der Waals surface area contributed by atoms with Gasteiger partial charge in [-0.3, -0.25) is 4.79 Å². The Morgan fingerprint density at radius 2 is 1.74 bits per heavy atom. The third kappa shape index (κ3) is 7.13. The number of piperidine rings is 2. The van der Waals surface area contributed by atoms with Gasteiger partial charge in [-0.25, -0.2) is 22.5 Å². The third-order valence-electron chi connectivity index (χ3n) is 8.13. The number of carbonyl (C=O) groups is 2. The van der Waals surface area contributed by atoms with Crippen molar-refractivity contribution in [3.63, 3.8) is 0 Å². The number of benzene rings is 1. The van der Waals surface area contributed by atoms with Crippen LogP contribution < -0.4 is 4.74 Å². The molecule has 4 rings (SSSR count). The van der Waals surface area contributed by atoms with Crippen molar-refractivity contribution in [1.82, 2.24) is 14.2 Å². The lowest BCUT2D eigenvalue weighted by Gasteiger charge is -2.43. The van der Waals surface area contributed by atoms with Gasteiger partial charge in [0.2, 0.25) is 15.9 Å². The van der Waals surface area contributed by atoms with Gasteiger partial charge in [0.1, 0.15) is 12.2 Å². The lowest BCUT2D eigenvalue weighted by molar-refractivity contribution is -0.145. The van der Waals surface area contributed by atoms with Crippen LogP contribution in [0, 0.1) is 6.92 Å². The van der Waals surface area contributed by atoms with E-state index < -0.39 is 32.4 Å². The van der Waals surface area contributed by atoms with Gasteiger partial charge < -0.3 is 24.2 Å². The molecule has 0 bridgehead atoms. The number of aromatic nitrogens is 1. The van der Waals surface area contributed by atoms with Crippen molar-refractivity contribution in [2.45, 2.75) is 69.6 Å². The van der Waals surface area contributed by atoms with E-state index >= 15 is 0 Å². The minimum atomic E-state index is -4.07. The summed E-state index contributed by atoms with van der Waals surface area (Å²) >= 11 is 0. The number of likely N-dealkylation sites (tertiary alicyclic amines) is 1. The highest BCUT2D eigenvalue weighted by atomic mass is 32.2. The van der Waals surface area contributed by atoms with Gasteiger partial charge in [-0.05, 0) is 76.5 Å². The van der Waals surface area contributed by atoms with Crippen molar-refractivity contribution in [3.8, 4) is 17.1 Å². The second-order valence-corrected chi connectivity index (χ2v) is 14.4. The molecule has 0 radical (unpaired) electrons. The fourth-order valence-corrected chi connectivity index (χ4v) is 8.01. The Bertz CT molecular complexity index is 1410. The summed E-state index contributed by atoms with van der Waals surface area (Å²) in [6.45, 7) is 8.14. The van der Waals surface area contributed by atoms with E-state index in [2.05, 4.69) is 17.1 Å². The number of aliphatic hydroxyl groups excluding tert-OH is 1. The van der Waals surface area contributed by atoms with E-state index in [1.807, 2.05) is 25.1 Å². The second kappa shape index (κ2) is 13.2. The maximum absolute atomic E-state index is 14.0. The average Bonchev–Trinajstić information content (AvgIpc) is 2.98. The number of aliphatic hydroxyl groups is 1. The van der Waals surface area contributed by atoms with Crippen LogP contribution >= 0.6 is 0 Å². The first-order chi connectivity index (χ1) is 20.3. The number of methoxy groups -OCH3 is 1. The Balaban J connectivity index is 1.44. The summed E-state index contributed by atoms with van der Waals surface area (Å²) < 4.78 is 43.6. The van der Waals surface area contributed by atoms with E-state index in [0.29, 0.717) is 18.7 Å². The molecular weight excluding hydrogens is 574 g/mol. The summed E-state index contributed by atoms with van der Waals surface area (Å²) in [6.07, 6.45) is 0.595. The number of hydrogen-bond acceptors (Lipinski definition) is 9. The van der Waals surface area contributed by atoms with Gasteiger partial charge in [-0.2, -0.15) is 0 Å². The molecule has 2 aliphatic heterocycles. The Hall–Kier alpha value is -3.22. The molecule has 43 heavy (non-hydrogen) atoms. The first-order valence-corrected chi connectivity index (χ1v) is 16.1. The summed E-state index contributed by atoms with van der Waals surface area (Å²) in [5, 5.41) is 9.02. The highest BCUT2D eigenvalue weighted by Gasteiger charge is 2.56. The zero-order chi connectivity index (χ0) is 31.4. The SMILES string of the molecule is COC(=O)C1(S(=O)(=O)N2CCC(c3ccc(-c4cccc(OCCO)n4)c(C)c3)CC2)CCN(C(=O)OC(C)(C)C)CC1. The molecule has 1 amide bonds. The van der Waals surface area contributed by atoms with Gasteiger partial charge >= 0.3 is 12.1 Å². The Labute approximate surface area is 254 Å². The number of nitrogens with zero attached hydrogens (tertiary/aromatic N) is 3. The number of carbonyl (C=O) groups excluding carboxylic acids is 2. The molecule has 0 atom stereocenters. The molecule has 1 aromatic heterocycles. The Morgan fingerprint density at radius 3 is 2.33 bits per heavy atom. The summed E-state index contributed by atoms with van der Waals surface area (Å²) in [6, 6.07) is 11.7. The zero-order valence-electron chi connectivity index (χ0n) is 25.7. The van der Waals surface area contributed by atoms with Crippen LogP contribution in [0.1, 0.15) is 63.5 Å². The summed E-state index contributed by atoms with van der Waals surface area (Å²) in [7, 11) is -2.87. The standard InChI is InChI=1S/C31H43N3O8S/c1-22-21-24(9-10-25(22)26-7-6-8-27(32-26)41-20-19-35)23-11-15-34(16-12-23)43(38,39)31(28(36)40-5)13-17-33(18-14-31)29(37)42-30(2,3)4/h6-10,21,23,35H,11-20H2,1-5H3. The van der Waals surface area contributed by atoms with Crippen LogP contribution in [0.2, 0.25) is 0 Å². The fourth-order valence-electron chi connectivity index (χ4n) is 5.83. The van der Waals surface area contributed by atoms with Crippen molar-refractivity contribution >= 4 is 22.1 Å². The van der Waals surface area contributed by atoms with Crippen LogP contribution in [0.5, 0.6) is 5.88 Å². The predicted octanol–water partition coefficient (Wildman–Crippen LogP) is 3.88. The normalized spacial score (nSPS) is 18.2. The molecule has 3 heterocycles. The number of pyridine rings is 1. The number of rotatable bonds is 8. The lowest BCUT2D eigenvalue weighted by Crippen LogP contribution is -2.60. The molecule has 1 N–H and O–H groups in total. The van der Waals surface area contributed by atoms with Crippen LogP contribution in [0.3, 0.4) is 0 Å². The first kappa shape index (κ1) is 32.7. The van der Waals surface area contributed by atoms with Crippen LogP contribution in [-0.4, -0.2) is 96.6 Å². The molecule has 12 heteroatoms. The average molecular weight is 618 g/mol. The minimum absolute atomic E-state index is 0.0535. The molecule has 2 fully saturated rings. The van der Waals surface area contributed by atoms with Gasteiger partial charge in [0.25, 0.3) is 0 Å². The Morgan fingerprint density at radius 1 is 1.07 bits per heavy atom. The number of ether oxygens (including phenoxy) is 3. The number of esters is 1. The van der Waals surface area contributed by atoms with E-state index in [1.54, 1.807) is 26.8 Å². The smallest absolute Gasteiger partial charge is 0.410 e. The fraction of sp³-hybridized carbons (Fsp3) is 0.581. The monoisotopic (exact) mass is 617 g/mol.